The van der Waals surface area contributed by atoms with Crippen molar-refractivity contribution >= 4 is 45.3 Å². The predicted molar refractivity (Wildman–Crippen MR) is 151 cm³/mol. The number of anilines is 1. The Balaban J connectivity index is 1.42. The number of carbonyl (C=O) groups excluding carboxylic acids is 1. The van der Waals surface area contributed by atoms with E-state index in [1.165, 1.54) is 6.07 Å². The van der Waals surface area contributed by atoms with Gasteiger partial charge in [0.05, 0.1) is 41.7 Å². The number of pyridine rings is 1. The molecule has 0 bridgehead atoms. The van der Waals surface area contributed by atoms with Crippen molar-refractivity contribution in [3.63, 3.8) is 0 Å². The average Bonchev–Trinajstić information content (AvgIpc) is 3.43. The Morgan fingerprint density at radius 1 is 0.974 bits per heavy atom. The molecule has 6 rings (SSSR count). The quantitative estimate of drug-likeness (QED) is 0.263. The van der Waals surface area contributed by atoms with Crippen molar-refractivity contribution in [3.8, 4) is 28.3 Å². The van der Waals surface area contributed by atoms with E-state index < -0.39 is 5.56 Å². The van der Waals surface area contributed by atoms with Crippen LogP contribution in [0.25, 0.3) is 44.6 Å². The monoisotopic (exact) mass is 536 g/mol. The van der Waals surface area contributed by atoms with Crippen LogP contribution in [0.4, 0.5) is 5.69 Å². The van der Waals surface area contributed by atoms with Gasteiger partial charge in [-0.05, 0) is 35.9 Å². The van der Waals surface area contributed by atoms with E-state index in [4.69, 9.17) is 26.3 Å². The largest absolute Gasteiger partial charge is 0.497 e. The van der Waals surface area contributed by atoms with Crippen molar-refractivity contribution in [2.24, 2.45) is 0 Å². The molecule has 3 aromatic heterocycles. The third-order valence-electron chi connectivity index (χ3n) is 6.30. The minimum Gasteiger partial charge on any atom is -0.497 e. The van der Waals surface area contributed by atoms with Crippen molar-refractivity contribution in [2.75, 3.05) is 12.4 Å². The molecule has 0 saturated heterocycles. The van der Waals surface area contributed by atoms with E-state index in [1.54, 1.807) is 43.6 Å². The number of halogens is 1. The Labute approximate surface area is 226 Å². The van der Waals surface area contributed by atoms with Gasteiger partial charge in [-0.3, -0.25) is 14.7 Å². The minimum absolute atomic E-state index is 0.0806. The van der Waals surface area contributed by atoms with Crippen LogP contribution < -0.4 is 15.6 Å². The lowest BCUT2D eigenvalue weighted by molar-refractivity contribution is -0.115. The topological polar surface area (TPSA) is 126 Å². The molecular formula is C29H21ClN6O3. The number of aromatic nitrogens is 5. The Hall–Kier alpha value is -5.02. The van der Waals surface area contributed by atoms with Crippen LogP contribution in [0.15, 0.2) is 83.8 Å². The predicted octanol–water partition coefficient (Wildman–Crippen LogP) is 5.37. The lowest BCUT2D eigenvalue weighted by Gasteiger charge is -2.12. The number of nitrogens with one attached hydrogen (secondary N) is 3. The molecule has 0 spiro atoms. The summed E-state index contributed by atoms with van der Waals surface area (Å²) in [6, 6.07) is 22.0. The van der Waals surface area contributed by atoms with Crippen molar-refractivity contribution < 1.29 is 9.53 Å². The fourth-order valence-corrected chi connectivity index (χ4v) is 4.65. The standard InChI is InChI=1S/C29H21ClN6O3/c1-39-20-9-7-16(8-10-20)11-24(37)32-23-14-22-28(35-29(23)38)34-26(17-5-3-2-4-6-17)27(33-22)18-12-19-15-31-36-25(19)21(30)13-18/h2-10,12-15H,11H2,1H3,(H,31,36)(H,32,37)(H,34,35,38). The summed E-state index contributed by atoms with van der Waals surface area (Å²) in [7, 11) is 1.58. The molecular weight excluding hydrogens is 516 g/mol. The maximum absolute atomic E-state index is 12.9. The van der Waals surface area contributed by atoms with Crippen LogP contribution in [0.2, 0.25) is 5.02 Å². The number of hydrogen-bond acceptors (Lipinski definition) is 6. The molecule has 3 heterocycles. The van der Waals surface area contributed by atoms with Crippen LogP contribution in [0.5, 0.6) is 5.75 Å². The van der Waals surface area contributed by atoms with Crippen molar-refractivity contribution in [1.29, 1.82) is 0 Å². The highest BCUT2D eigenvalue weighted by Gasteiger charge is 2.17. The van der Waals surface area contributed by atoms with Gasteiger partial charge in [-0.2, -0.15) is 5.10 Å². The lowest BCUT2D eigenvalue weighted by atomic mass is 10.0. The molecule has 0 saturated carbocycles. The van der Waals surface area contributed by atoms with E-state index >= 15 is 0 Å². The molecule has 0 radical (unpaired) electrons. The van der Waals surface area contributed by atoms with Gasteiger partial charge in [0.1, 0.15) is 17.0 Å². The van der Waals surface area contributed by atoms with Crippen molar-refractivity contribution in [3.05, 3.63) is 99.9 Å². The number of methoxy groups -OCH3 is 1. The number of aromatic amines is 2. The number of nitrogens with zero attached hydrogens (tertiary/aromatic N) is 3. The molecule has 39 heavy (non-hydrogen) atoms. The fourth-order valence-electron chi connectivity index (χ4n) is 4.38. The number of H-pyrrole nitrogens is 2. The first-order valence-electron chi connectivity index (χ1n) is 12.0. The number of amides is 1. The lowest BCUT2D eigenvalue weighted by Crippen LogP contribution is -2.21. The number of fused-ring (bicyclic) bond motifs is 2. The van der Waals surface area contributed by atoms with Gasteiger partial charge in [-0.15, -0.1) is 0 Å². The molecule has 6 aromatic rings. The highest BCUT2D eigenvalue weighted by Crippen LogP contribution is 2.34. The second kappa shape index (κ2) is 10.0. The van der Waals surface area contributed by atoms with E-state index in [0.29, 0.717) is 33.3 Å². The highest BCUT2D eigenvalue weighted by molar-refractivity contribution is 6.35. The Morgan fingerprint density at radius 2 is 1.74 bits per heavy atom. The smallest absolute Gasteiger partial charge is 0.273 e. The average molecular weight is 537 g/mol. The normalized spacial score (nSPS) is 11.1. The van der Waals surface area contributed by atoms with Crippen LogP contribution in [0, 0.1) is 0 Å². The zero-order valence-electron chi connectivity index (χ0n) is 20.7. The Bertz CT molecular complexity index is 1900. The number of ether oxygens (including phenoxy) is 1. The molecule has 0 aliphatic carbocycles. The van der Waals surface area contributed by atoms with E-state index in [2.05, 4.69) is 20.5 Å². The first kappa shape index (κ1) is 24.3. The third-order valence-corrected chi connectivity index (χ3v) is 6.60. The molecule has 0 aliphatic rings. The van der Waals surface area contributed by atoms with Crippen molar-refractivity contribution in [2.45, 2.75) is 6.42 Å². The van der Waals surface area contributed by atoms with Gasteiger partial charge in [0.2, 0.25) is 5.91 Å². The molecule has 0 unspecified atom stereocenters. The second-order valence-electron chi connectivity index (χ2n) is 8.90. The summed E-state index contributed by atoms with van der Waals surface area (Å²) in [6.45, 7) is 0. The SMILES string of the molecule is COc1ccc(CC(=O)Nc2cc3nc(-c4cc(Cl)c5[nH]ncc5c4)c(-c4ccccc4)nc3[nH]c2=O)cc1. The number of rotatable bonds is 6. The van der Waals surface area contributed by atoms with E-state index in [1.807, 2.05) is 36.4 Å². The van der Waals surface area contributed by atoms with Gasteiger partial charge < -0.3 is 15.0 Å². The maximum atomic E-state index is 12.9. The summed E-state index contributed by atoms with van der Waals surface area (Å²) in [5.41, 5.74) is 4.52. The zero-order valence-corrected chi connectivity index (χ0v) is 21.4. The van der Waals surface area contributed by atoms with E-state index in [0.717, 1.165) is 27.6 Å². The number of carbonyl (C=O) groups is 1. The molecule has 3 aromatic carbocycles. The minimum atomic E-state index is -0.477. The first-order valence-corrected chi connectivity index (χ1v) is 12.4. The summed E-state index contributed by atoms with van der Waals surface area (Å²) in [5.74, 6) is 0.360. The van der Waals surface area contributed by atoms with Crippen LogP contribution in [-0.4, -0.2) is 38.2 Å². The van der Waals surface area contributed by atoms with E-state index in [9.17, 15) is 9.59 Å². The highest BCUT2D eigenvalue weighted by atomic mass is 35.5. The van der Waals surface area contributed by atoms with Gasteiger partial charge in [0, 0.05) is 16.5 Å². The van der Waals surface area contributed by atoms with Gasteiger partial charge >= 0.3 is 0 Å². The number of hydrogen-bond donors (Lipinski definition) is 3. The summed E-state index contributed by atoms with van der Waals surface area (Å²) in [4.78, 5) is 38.0. The van der Waals surface area contributed by atoms with Gasteiger partial charge in [-0.25, -0.2) is 9.97 Å². The molecule has 1 amide bonds. The summed E-state index contributed by atoms with van der Waals surface area (Å²) < 4.78 is 5.16. The fraction of sp³-hybridized carbons (Fsp3) is 0.0690. The molecule has 10 heteroatoms. The van der Waals surface area contributed by atoms with Gasteiger partial charge in [-0.1, -0.05) is 54.1 Å². The molecule has 0 atom stereocenters. The van der Waals surface area contributed by atoms with Gasteiger partial charge in [0.15, 0.2) is 5.65 Å². The van der Waals surface area contributed by atoms with Crippen LogP contribution >= 0.6 is 11.6 Å². The first-order chi connectivity index (χ1) is 19.0. The number of benzene rings is 3. The van der Waals surface area contributed by atoms with Crippen LogP contribution in [-0.2, 0) is 11.2 Å². The summed E-state index contributed by atoms with van der Waals surface area (Å²) in [6.07, 6.45) is 1.78. The zero-order chi connectivity index (χ0) is 26.9. The van der Waals surface area contributed by atoms with Crippen LogP contribution in [0.3, 0.4) is 0 Å². The molecule has 192 valence electrons. The molecule has 0 fully saturated rings. The maximum Gasteiger partial charge on any atom is 0.273 e. The Morgan fingerprint density at radius 3 is 2.51 bits per heavy atom. The molecule has 9 nitrogen and oxygen atoms in total. The molecule has 3 N–H and O–H groups in total. The Kier molecular flexibility index (Phi) is 6.26. The van der Waals surface area contributed by atoms with Crippen molar-refractivity contribution in [1.82, 2.24) is 25.1 Å². The second-order valence-corrected chi connectivity index (χ2v) is 9.31. The summed E-state index contributed by atoms with van der Waals surface area (Å²) in [5, 5.41) is 11.0. The summed E-state index contributed by atoms with van der Waals surface area (Å²) >= 11 is 6.54. The van der Waals surface area contributed by atoms with E-state index in [-0.39, 0.29) is 18.0 Å². The third kappa shape index (κ3) is 4.83. The van der Waals surface area contributed by atoms with Crippen LogP contribution in [0.1, 0.15) is 5.56 Å². The van der Waals surface area contributed by atoms with Gasteiger partial charge in [0.25, 0.3) is 5.56 Å². The molecule has 0 aliphatic heterocycles.